The number of aliphatic hydroxyl groups is 1. The number of rotatable bonds is 4. The first kappa shape index (κ1) is 17.9. The molecule has 1 aliphatic rings. The summed E-state index contributed by atoms with van der Waals surface area (Å²) in [6.45, 7) is 0.513. The fraction of sp³-hybridized carbons (Fsp3) is 0.316. The minimum atomic E-state index is -0.342. The van der Waals surface area contributed by atoms with E-state index in [9.17, 15) is 14.7 Å². The van der Waals surface area contributed by atoms with Crippen LogP contribution in [0.2, 0.25) is 0 Å². The van der Waals surface area contributed by atoms with Crippen molar-refractivity contribution in [2.45, 2.75) is 25.4 Å². The fourth-order valence-electron chi connectivity index (χ4n) is 3.60. The molecule has 1 aliphatic heterocycles. The van der Waals surface area contributed by atoms with Gasteiger partial charge in [-0.1, -0.05) is 12.1 Å². The third kappa shape index (κ3) is 3.19. The van der Waals surface area contributed by atoms with Crippen LogP contribution in [0.3, 0.4) is 0 Å². The van der Waals surface area contributed by atoms with E-state index in [4.69, 9.17) is 4.42 Å². The highest BCUT2D eigenvalue weighted by atomic mass is 79.9. The van der Waals surface area contributed by atoms with Crippen molar-refractivity contribution in [1.82, 2.24) is 14.5 Å². The number of carbonyl (C=O) groups excluding carboxylic acids is 1. The second-order valence-electron chi connectivity index (χ2n) is 6.43. The molecule has 0 saturated carbocycles. The highest BCUT2D eigenvalue weighted by molar-refractivity contribution is 9.10. The van der Waals surface area contributed by atoms with Gasteiger partial charge in [-0.2, -0.15) is 0 Å². The quantitative estimate of drug-likeness (QED) is 0.685. The molecule has 1 N–H and O–H groups in total. The molecule has 8 heteroatoms. The van der Waals surface area contributed by atoms with Gasteiger partial charge in [-0.05, 0) is 53.0 Å². The zero-order chi connectivity index (χ0) is 19.0. The van der Waals surface area contributed by atoms with Gasteiger partial charge in [-0.15, -0.1) is 0 Å². The Bertz CT molecular complexity index is 1060. The van der Waals surface area contributed by atoms with E-state index in [1.807, 2.05) is 6.07 Å². The van der Waals surface area contributed by atoms with Crippen LogP contribution in [0.4, 0.5) is 0 Å². The summed E-state index contributed by atoms with van der Waals surface area (Å²) in [5.41, 5.74) is 0.386. The highest BCUT2D eigenvalue weighted by Crippen LogP contribution is 2.33. The van der Waals surface area contributed by atoms with Gasteiger partial charge in [0, 0.05) is 6.54 Å². The van der Waals surface area contributed by atoms with E-state index in [1.165, 1.54) is 4.57 Å². The Morgan fingerprint density at radius 2 is 2.11 bits per heavy atom. The number of hydrogen-bond donors (Lipinski definition) is 1. The largest absolute Gasteiger partial charge is 0.444 e. The smallest absolute Gasteiger partial charge is 0.290 e. The normalized spacial score (nSPS) is 17.0. The average molecular weight is 432 g/mol. The predicted octanol–water partition coefficient (Wildman–Crippen LogP) is 2.72. The van der Waals surface area contributed by atoms with Crippen molar-refractivity contribution < 1.29 is 14.3 Å². The molecular weight excluding hydrogens is 414 g/mol. The lowest BCUT2D eigenvalue weighted by Gasteiger charge is -2.26. The lowest BCUT2D eigenvalue weighted by molar-refractivity contribution is 0.0692. The average Bonchev–Trinajstić information content (AvgIpc) is 3.32. The van der Waals surface area contributed by atoms with Crippen molar-refractivity contribution in [3.8, 4) is 0 Å². The first-order valence-corrected chi connectivity index (χ1v) is 9.56. The van der Waals surface area contributed by atoms with Crippen LogP contribution in [0.1, 0.15) is 35.3 Å². The van der Waals surface area contributed by atoms with Crippen LogP contribution >= 0.6 is 15.9 Å². The molecule has 140 valence electrons. The molecule has 3 heterocycles. The van der Waals surface area contributed by atoms with Crippen LogP contribution in [0, 0.1) is 0 Å². The molecule has 0 aliphatic carbocycles. The van der Waals surface area contributed by atoms with Crippen LogP contribution in [-0.2, 0) is 6.54 Å². The number of benzene rings is 1. The Kier molecular flexibility index (Phi) is 4.84. The number of furan rings is 1. The Balaban J connectivity index is 1.81. The molecule has 1 aromatic carbocycles. The van der Waals surface area contributed by atoms with Gasteiger partial charge < -0.3 is 14.4 Å². The maximum Gasteiger partial charge on any atom is 0.290 e. The van der Waals surface area contributed by atoms with E-state index in [0.717, 1.165) is 6.42 Å². The van der Waals surface area contributed by atoms with Gasteiger partial charge in [0.1, 0.15) is 5.82 Å². The van der Waals surface area contributed by atoms with E-state index < -0.39 is 0 Å². The Labute approximate surface area is 163 Å². The molecule has 1 saturated heterocycles. The van der Waals surface area contributed by atoms with Crippen molar-refractivity contribution in [2.24, 2.45) is 0 Å². The molecule has 1 atom stereocenters. The molecule has 4 rings (SSSR count). The summed E-state index contributed by atoms with van der Waals surface area (Å²) < 4.78 is 7.38. The number of para-hydroxylation sites is 1. The number of aromatic nitrogens is 2. The summed E-state index contributed by atoms with van der Waals surface area (Å²) >= 11 is 3.21. The van der Waals surface area contributed by atoms with Gasteiger partial charge in [0.05, 0.1) is 30.1 Å². The van der Waals surface area contributed by atoms with E-state index in [0.29, 0.717) is 34.4 Å². The lowest BCUT2D eigenvalue weighted by Crippen LogP contribution is -2.36. The molecule has 2 aromatic heterocycles. The van der Waals surface area contributed by atoms with Crippen LogP contribution < -0.4 is 5.56 Å². The van der Waals surface area contributed by atoms with E-state index >= 15 is 0 Å². The number of likely N-dealkylation sites (tertiary alicyclic amines) is 1. The molecule has 27 heavy (non-hydrogen) atoms. The van der Waals surface area contributed by atoms with Gasteiger partial charge in [0.2, 0.25) is 0 Å². The lowest BCUT2D eigenvalue weighted by atomic mass is 10.1. The van der Waals surface area contributed by atoms with Crippen molar-refractivity contribution >= 4 is 32.7 Å². The van der Waals surface area contributed by atoms with Crippen molar-refractivity contribution in [2.75, 3.05) is 13.2 Å². The van der Waals surface area contributed by atoms with Crippen LogP contribution in [0.5, 0.6) is 0 Å². The van der Waals surface area contributed by atoms with Crippen molar-refractivity contribution in [1.29, 1.82) is 0 Å². The maximum atomic E-state index is 12.9. The standard InChI is InChI=1S/C19H18BrN3O4/c20-16-8-7-15(27-16)19(26)22-9-3-6-14(22)17-21-13-5-2-1-4-12(13)18(25)23(17)10-11-24/h1-2,4-5,7-8,14,24H,3,6,9-11H2. The van der Waals surface area contributed by atoms with Gasteiger partial charge >= 0.3 is 0 Å². The minimum absolute atomic E-state index is 0.136. The molecule has 1 amide bonds. The molecule has 0 spiro atoms. The summed E-state index contributed by atoms with van der Waals surface area (Å²) in [4.78, 5) is 32.2. The summed E-state index contributed by atoms with van der Waals surface area (Å²) in [6.07, 6.45) is 1.50. The number of fused-ring (bicyclic) bond motifs is 1. The van der Waals surface area contributed by atoms with E-state index in [-0.39, 0.29) is 36.4 Å². The number of nitrogens with zero attached hydrogens (tertiary/aromatic N) is 3. The van der Waals surface area contributed by atoms with Gasteiger partial charge in [-0.3, -0.25) is 14.2 Å². The van der Waals surface area contributed by atoms with Gasteiger partial charge in [0.25, 0.3) is 11.5 Å². The molecule has 0 bridgehead atoms. The third-order valence-corrected chi connectivity index (χ3v) is 5.24. The Morgan fingerprint density at radius 1 is 1.30 bits per heavy atom. The van der Waals surface area contributed by atoms with Crippen molar-refractivity contribution in [3.05, 3.63) is 63.0 Å². The second-order valence-corrected chi connectivity index (χ2v) is 7.21. The number of aliphatic hydroxyl groups excluding tert-OH is 1. The topological polar surface area (TPSA) is 88.6 Å². The summed E-state index contributed by atoms with van der Waals surface area (Å²) in [5.74, 6) is 0.510. The zero-order valence-corrected chi connectivity index (χ0v) is 16.1. The molecule has 1 unspecified atom stereocenters. The predicted molar refractivity (Wildman–Crippen MR) is 103 cm³/mol. The van der Waals surface area contributed by atoms with Crippen LogP contribution in [-0.4, -0.2) is 38.6 Å². The first-order chi connectivity index (χ1) is 13.1. The molecule has 7 nitrogen and oxygen atoms in total. The SMILES string of the molecule is O=C(c1ccc(Br)o1)N1CCCC1c1nc2ccccc2c(=O)n1CCO. The monoisotopic (exact) mass is 431 g/mol. The molecule has 1 fully saturated rings. The molecule has 3 aromatic rings. The highest BCUT2D eigenvalue weighted by Gasteiger charge is 2.35. The molecular formula is C19H18BrN3O4. The zero-order valence-electron chi connectivity index (χ0n) is 14.5. The van der Waals surface area contributed by atoms with Crippen molar-refractivity contribution in [3.63, 3.8) is 0 Å². The second kappa shape index (κ2) is 7.28. The van der Waals surface area contributed by atoms with E-state index in [1.54, 1.807) is 35.2 Å². The summed E-state index contributed by atoms with van der Waals surface area (Å²) in [5, 5.41) is 9.95. The van der Waals surface area contributed by atoms with E-state index in [2.05, 4.69) is 20.9 Å². The summed E-state index contributed by atoms with van der Waals surface area (Å²) in [7, 11) is 0. The third-order valence-electron chi connectivity index (χ3n) is 4.81. The van der Waals surface area contributed by atoms with Gasteiger partial charge in [0.15, 0.2) is 10.4 Å². The van der Waals surface area contributed by atoms with Gasteiger partial charge in [-0.25, -0.2) is 4.98 Å². The van der Waals surface area contributed by atoms with Crippen LogP contribution in [0.15, 0.2) is 50.3 Å². The number of amides is 1. The summed E-state index contributed by atoms with van der Waals surface area (Å²) in [6, 6.07) is 10.1. The fourth-order valence-corrected chi connectivity index (χ4v) is 3.91. The van der Waals surface area contributed by atoms with Crippen LogP contribution in [0.25, 0.3) is 10.9 Å². The minimum Gasteiger partial charge on any atom is -0.444 e. The molecule has 0 radical (unpaired) electrons. The Morgan fingerprint density at radius 3 is 2.85 bits per heavy atom. The number of hydrogen-bond acceptors (Lipinski definition) is 5. The first-order valence-electron chi connectivity index (χ1n) is 8.77. The number of carbonyl (C=O) groups is 1. The number of halogens is 1. The Hall–Kier alpha value is -2.45. The maximum absolute atomic E-state index is 12.9.